The van der Waals surface area contributed by atoms with Crippen LogP contribution in [0.4, 0.5) is 0 Å². The quantitative estimate of drug-likeness (QED) is 0.727. The van der Waals surface area contributed by atoms with Gasteiger partial charge in [-0.2, -0.15) is 0 Å². The van der Waals surface area contributed by atoms with Crippen LogP contribution in [0.5, 0.6) is 0 Å². The molecule has 0 aliphatic carbocycles. The second-order valence-electron chi connectivity index (χ2n) is 2.32. The van der Waals surface area contributed by atoms with Crippen LogP contribution in [0, 0.1) is 0 Å². The Morgan fingerprint density at radius 2 is 1.91 bits per heavy atom. The first-order chi connectivity index (χ1) is 5.18. The van der Waals surface area contributed by atoms with Gasteiger partial charge in [0.2, 0.25) is 0 Å². The van der Waals surface area contributed by atoms with E-state index in [4.69, 9.17) is 11.6 Å². The first-order valence-corrected chi connectivity index (χ1v) is 4.43. The molecule has 2 heteroatoms. The molecule has 0 unspecified atom stereocenters. The van der Waals surface area contributed by atoms with E-state index in [1.165, 1.54) is 5.56 Å². The van der Waals surface area contributed by atoms with E-state index in [2.05, 4.69) is 22.5 Å². The molecule has 0 bridgehead atoms. The van der Waals surface area contributed by atoms with Crippen LogP contribution in [0.2, 0.25) is 0 Å². The average molecular weight is 232 g/mol. The minimum absolute atomic E-state index is 0.673. The van der Waals surface area contributed by atoms with Crippen LogP contribution in [-0.4, -0.2) is 0 Å². The van der Waals surface area contributed by atoms with Gasteiger partial charge in [0.25, 0.3) is 0 Å². The Bertz CT molecular complexity index is 251. The molecule has 1 aromatic carbocycles. The minimum Gasteiger partial charge on any atom is -0.0894 e. The predicted molar refractivity (Wildman–Crippen MR) is 52.8 cm³/mol. The second kappa shape index (κ2) is 3.93. The fourth-order valence-corrected chi connectivity index (χ4v) is 1.24. The lowest BCUT2D eigenvalue weighted by Gasteiger charge is -1.97. The number of hydrogen-bond donors (Lipinski definition) is 0. The van der Waals surface area contributed by atoms with E-state index in [1.807, 2.05) is 24.3 Å². The molecule has 0 amide bonds. The van der Waals surface area contributed by atoms with E-state index in [0.29, 0.717) is 5.03 Å². The van der Waals surface area contributed by atoms with Crippen molar-refractivity contribution >= 4 is 27.5 Å². The normalized spacial score (nSPS) is 9.64. The van der Waals surface area contributed by atoms with Gasteiger partial charge in [-0.3, -0.25) is 0 Å². The van der Waals surface area contributed by atoms with E-state index in [1.54, 1.807) is 0 Å². The third-order valence-corrected chi connectivity index (χ3v) is 1.97. The van der Waals surface area contributed by atoms with Crippen LogP contribution in [0.25, 0.3) is 0 Å². The summed E-state index contributed by atoms with van der Waals surface area (Å²) in [6.07, 6.45) is 0.745. The van der Waals surface area contributed by atoms with Gasteiger partial charge in [-0.1, -0.05) is 46.2 Å². The molecule has 58 valence electrons. The average Bonchev–Trinajstić information content (AvgIpc) is 1.93. The standard InChI is InChI=1S/C9H8BrCl/c1-7(11)6-8-2-4-9(10)5-3-8/h2-5H,1,6H2. The van der Waals surface area contributed by atoms with Gasteiger partial charge in [0.1, 0.15) is 0 Å². The molecule has 0 spiro atoms. The van der Waals surface area contributed by atoms with Crippen molar-refractivity contribution < 1.29 is 0 Å². The highest BCUT2D eigenvalue weighted by molar-refractivity contribution is 9.10. The summed E-state index contributed by atoms with van der Waals surface area (Å²) in [6, 6.07) is 8.04. The highest BCUT2D eigenvalue weighted by Crippen LogP contribution is 2.14. The number of benzene rings is 1. The molecule has 0 nitrogen and oxygen atoms in total. The summed E-state index contributed by atoms with van der Waals surface area (Å²) in [5.41, 5.74) is 1.19. The van der Waals surface area contributed by atoms with Gasteiger partial charge in [0, 0.05) is 15.9 Å². The van der Waals surface area contributed by atoms with Crippen LogP contribution in [0.15, 0.2) is 40.3 Å². The van der Waals surface area contributed by atoms with Crippen LogP contribution in [0.3, 0.4) is 0 Å². The van der Waals surface area contributed by atoms with Gasteiger partial charge < -0.3 is 0 Å². The molecule has 0 atom stereocenters. The maximum absolute atomic E-state index is 5.65. The van der Waals surface area contributed by atoms with Crippen LogP contribution in [-0.2, 0) is 6.42 Å². The van der Waals surface area contributed by atoms with Crippen molar-refractivity contribution in [2.75, 3.05) is 0 Å². The number of hydrogen-bond acceptors (Lipinski definition) is 0. The molecular weight excluding hydrogens is 223 g/mol. The molecule has 0 saturated heterocycles. The van der Waals surface area contributed by atoms with Crippen molar-refractivity contribution in [2.24, 2.45) is 0 Å². The molecule has 0 fully saturated rings. The highest BCUT2D eigenvalue weighted by Gasteiger charge is 1.93. The van der Waals surface area contributed by atoms with Crippen molar-refractivity contribution in [1.82, 2.24) is 0 Å². The Labute approximate surface area is 80.0 Å². The van der Waals surface area contributed by atoms with Crippen molar-refractivity contribution in [3.05, 3.63) is 45.9 Å². The lowest BCUT2D eigenvalue weighted by molar-refractivity contribution is 1.25. The Balaban J connectivity index is 2.74. The van der Waals surface area contributed by atoms with Gasteiger partial charge in [0.15, 0.2) is 0 Å². The minimum atomic E-state index is 0.673. The SMILES string of the molecule is C=C(Cl)Cc1ccc(Br)cc1. The summed E-state index contributed by atoms with van der Waals surface area (Å²) in [4.78, 5) is 0. The molecule has 1 aromatic rings. The molecule has 0 aliphatic heterocycles. The third-order valence-electron chi connectivity index (χ3n) is 1.31. The Kier molecular flexibility index (Phi) is 3.16. The summed E-state index contributed by atoms with van der Waals surface area (Å²) < 4.78 is 1.08. The molecule has 0 radical (unpaired) electrons. The lowest BCUT2D eigenvalue weighted by Crippen LogP contribution is -1.81. The summed E-state index contributed by atoms with van der Waals surface area (Å²) in [7, 11) is 0. The van der Waals surface area contributed by atoms with Crippen molar-refractivity contribution in [3.63, 3.8) is 0 Å². The number of halogens is 2. The second-order valence-corrected chi connectivity index (χ2v) is 3.77. The molecule has 0 saturated carbocycles. The van der Waals surface area contributed by atoms with Crippen molar-refractivity contribution in [1.29, 1.82) is 0 Å². The number of allylic oxidation sites excluding steroid dienone is 1. The third kappa shape index (κ3) is 3.08. The van der Waals surface area contributed by atoms with Gasteiger partial charge in [-0.25, -0.2) is 0 Å². The van der Waals surface area contributed by atoms with Gasteiger partial charge in [-0.05, 0) is 17.7 Å². The van der Waals surface area contributed by atoms with Gasteiger partial charge in [0.05, 0.1) is 0 Å². The molecule has 0 aliphatic rings. The predicted octanol–water partition coefficient (Wildman–Crippen LogP) is 3.74. The van der Waals surface area contributed by atoms with E-state index in [0.717, 1.165) is 10.9 Å². The van der Waals surface area contributed by atoms with E-state index >= 15 is 0 Å². The maximum Gasteiger partial charge on any atom is 0.0175 e. The zero-order valence-electron chi connectivity index (χ0n) is 5.98. The van der Waals surface area contributed by atoms with E-state index in [-0.39, 0.29) is 0 Å². The van der Waals surface area contributed by atoms with Crippen molar-refractivity contribution in [3.8, 4) is 0 Å². The molecular formula is C9H8BrCl. The Morgan fingerprint density at radius 1 is 1.36 bits per heavy atom. The Hall–Kier alpha value is -0.270. The molecule has 1 rings (SSSR count). The summed E-state index contributed by atoms with van der Waals surface area (Å²) in [6.45, 7) is 3.63. The first kappa shape index (κ1) is 8.82. The first-order valence-electron chi connectivity index (χ1n) is 3.26. The maximum atomic E-state index is 5.65. The van der Waals surface area contributed by atoms with Crippen LogP contribution in [0.1, 0.15) is 5.56 Å². The molecule has 0 heterocycles. The summed E-state index contributed by atoms with van der Waals surface area (Å²) >= 11 is 9.00. The topological polar surface area (TPSA) is 0 Å². The fraction of sp³-hybridized carbons (Fsp3) is 0.111. The van der Waals surface area contributed by atoms with E-state index in [9.17, 15) is 0 Å². The lowest BCUT2D eigenvalue weighted by atomic mass is 10.1. The Morgan fingerprint density at radius 3 is 2.36 bits per heavy atom. The monoisotopic (exact) mass is 230 g/mol. The largest absolute Gasteiger partial charge is 0.0894 e. The molecule has 11 heavy (non-hydrogen) atoms. The summed E-state index contributed by atoms with van der Waals surface area (Å²) in [5.74, 6) is 0. The van der Waals surface area contributed by atoms with Gasteiger partial charge in [-0.15, -0.1) is 0 Å². The van der Waals surface area contributed by atoms with Gasteiger partial charge >= 0.3 is 0 Å². The van der Waals surface area contributed by atoms with Crippen LogP contribution >= 0.6 is 27.5 Å². The zero-order valence-corrected chi connectivity index (χ0v) is 8.32. The number of rotatable bonds is 2. The smallest absolute Gasteiger partial charge is 0.0175 e. The molecule has 0 aromatic heterocycles. The van der Waals surface area contributed by atoms with Crippen LogP contribution < -0.4 is 0 Å². The van der Waals surface area contributed by atoms with E-state index < -0.39 is 0 Å². The zero-order chi connectivity index (χ0) is 8.27. The highest BCUT2D eigenvalue weighted by atomic mass is 79.9. The molecule has 0 N–H and O–H groups in total. The fourth-order valence-electron chi connectivity index (χ4n) is 0.824. The van der Waals surface area contributed by atoms with Crippen molar-refractivity contribution in [2.45, 2.75) is 6.42 Å². The summed E-state index contributed by atoms with van der Waals surface area (Å²) in [5, 5.41) is 0.673.